The third kappa shape index (κ3) is 1.94. The summed E-state index contributed by atoms with van der Waals surface area (Å²) in [5.41, 5.74) is -0.321. The van der Waals surface area contributed by atoms with Crippen molar-refractivity contribution in [2.24, 2.45) is 0 Å². The fourth-order valence-corrected chi connectivity index (χ4v) is 1.43. The SMILES string of the molecule is COc1cc(-n2cccn2)c(F)cc1[N+](=O)[O-]. The second kappa shape index (κ2) is 4.20. The summed E-state index contributed by atoms with van der Waals surface area (Å²) in [6.45, 7) is 0. The van der Waals surface area contributed by atoms with Crippen LogP contribution in [0.5, 0.6) is 5.75 Å². The second-order valence-corrected chi connectivity index (χ2v) is 3.18. The summed E-state index contributed by atoms with van der Waals surface area (Å²) in [6.07, 6.45) is 3.01. The third-order valence-electron chi connectivity index (χ3n) is 2.20. The van der Waals surface area contributed by atoms with Crippen LogP contribution in [-0.4, -0.2) is 21.8 Å². The third-order valence-corrected chi connectivity index (χ3v) is 2.20. The molecule has 0 radical (unpaired) electrons. The Labute approximate surface area is 95.4 Å². The lowest BCUT2D eigenvalue weighted by atomic mass is 10.2. The molecule has 2 aromatic rings. The van der Waals surface area contributed by atoms with Crippen LogP contribution in [0, 0.1) is 15.9 Å². The van der Waals surface area contributed by atoms with E-state index in [9.17, 15) is 14.5 Å². The van der Waals surface area contributed by atoms with E-state index in [-0.39, 0.29) is 11.4 Å². The molecule has 0 unspecified atom stereocenters. The van der Waals surface area contributed by atoms with Crippen molar-refractivity contribution < 1.29 is 14.1 Å². The Hall–Kier alpha value is -2.44. The molecule has 2 rings (SSSR count). The first-order valence-corrected chi connectivity index (χ1v) is 4.65. The van der Waals surface area contributed by atoms with E-state index in [0.717, 1.165) is 6.07 Å². The molecule has 1 aromatic carbocycles. The summed E-state index contributed by atoms with van der Waals surface area (Å²) in [5.74, 6) is -0.747. The minimum absolute atomic E-state index is 0.0121. The number of ether oxygens (including phenoxy) is 1. The highest BCUT2D eigenvalue weighted by atomic mass is 19.1. The molecular formula is C10H8FN3O3. The minimum Gasteiger partial charge on any atom is -0.490 e. The summed E-state index contributed by atoms with van der Waals surface area (Å²) in [6, 6.07) is 3.67. The first kappa shape index (κ1) is 11.1. The van der Waals surface area contributed by atoms with Crippen LogP contribution in [0.2, 0.25) is 0 Å². The fraction of sp³-hybridized carbons (Fsp3) is 0.100. The van der Waals surface area contributed by atoms with Crippen LogP contribution in [-0.2, 0) is 0 Å². The molecule has 0 spiro atoms. The average Bonchev–Trinajstić information content (AvgIpc) is 2.82. The number of hydrogen-bond acceptors (Lipinski definition) is 4. The Balaban J connectivity index is 2.60. The van der Waals surface area contributed by atoms with E-state index in [1.54, 1.807) is 6.07 Å². The van der Waals surface area contributed by atoms with E-state index in [0.29, 0.717) is 0 Å². The van der Waals surface area contributed by atoms with Crippen molar-refractivity contribution in [3.8, 4) is 11.4 Å². The Morgan fingerprint density at radius 3 is 2.82 bits per heavy atom. The predicted octanol–water partition coefficient (Wildman–Crippen LogP) is 1.93. The summed E-state index contributed by atoms with van der Waals surface area (Å²) < 4.78 is 19.8. The Morgan fingerprint density at radius 1 is 1.53 bits per heavy atom. The molecule has 0 saturated carbocycles. The highest BCUT2D eigenvalue weighted by molar-refractivity contribution is 5.53. The van der Waals surface area contributed by atoms with Gasteiger partial charge in [-0.15, -0.1) is 0 Å². The van der Waals surface area contributed by atoms with Crippen molar-refractivity contribution in [2.75, 3.05) is 7.11 Å². The van der Waals surface area contributed by atoms with Gasteiger partial charge in [0.25, 0.3) is 0 Å². The van der Waals surface area contributed by atoms with Crippen LogP contribution in [0.25, 0.3) is 5.69 Å². The molecule has 0 amide bonds. The molecule has 7 heteroatoms. The zero-order valence-corrected chi connectivity index (χ0v) is 8.83. The molecule has 88 valence electrons. The molecule has 0 atom stereocenters. The zero-order valence-electron chi connectivity index (χ0n) is 8.83. The van der Waals surface area contributed by atoms with Crippen LogP contribution in [0.4, 0.5) is 10.1 Å². The van der Waals surface area contributed by atoms with E-state index < -0.39 is 16.4 Å². The first-order chi connectivity index (χ1) is 8.13. The van der Waals surface area contributed by atoms with Gasteiger partial charge in [-0.2, -0.15) is 5.10 Å². The van der Waals surface area contributed by atoms with Gasteiger partial charge in [0.15, 0.2) is 11.6 Å². The van der Waals surface area contributed by atoms with Crippen molar-refractivity contribution in [3.63, 3.8) is 0 Å². The molecule has 17 heavy (non-hydrogen) atoms. The average molecular weight is 237 g/mol. The van der Waals surface area contributed by atoms with Gasteiger partial charge in [-0.3, -0.25) is 10.1 Å². The van der Waals surface area contributed by atoms with Crippen molar-refractivity contribution in [2.45, 2.75) is 0 Å². The van der Waals surface area contributed by atoms with Crippen molar-refractivity contribution in [1.29, 1.82) is 0 Å². The van der Waals surface area contributed by atoms with Crippen LogP contribution in [0.3, 0.4) is 0 Å². The number of nitro groups is 1. The molecule has 0 aliphatic heterocycles. The molecule has 1 heterocycles. The molecule has 0 aliphatic carbocycles. The van der Waals surface area contributed by atoms with Crippen LogP contribution in [0.15, 0.2) is 30.6 Å². The molecule has 0 fully saturated rings. The molecule has 1 aromatic heterocycles. The van der Waals surface area contributed by atoms with Gasteiger partial charge in [-0.05, 0) is 6.07 Å². The Kier molecular flexibility index (Phi) is 2.73. The molecule has 0 bridgehead atoms. The lowest BCUT2D eigenvalue weighted by Crippen LogP contribution is -2.02. The summed E-state index contributed by atoms with van der Waals surface area (Å²) in [7, 11) is 1.28. The van der Waals surface area contributed by atoms with E-state index in [1.807, 2.05) is 0 Å². The molecular weight excluding hydrogens is 229 g/mol. The largest absolute Gasteiger partial charge is 0.490 e. The van der Waals surface area contributed by atoms with Crippen LogP contribution >= 0.6 is 0 Å². The van der Waals surface area contributed by atoms with Gasteiger partial charge in [0.05, 0.1) is 18.1 Å². The van der Waals surface area contributed by atoms with Gasteiger partial charge in [0.1, 0.15) is 5.69 Å². The van der Waals surface area contributed by atoms with Crippen molar-refractivity contribution in [1.82, 2.24) is 9.78 Å². The van der Waals surface area contributed by atoms with Gasteiger partial charge in [-0.25, -0.2) is 9.07 Å². The minimum atomic E-state index is -0.735. The maximum atomic E-state index is 13.7. The fourth-order valence-electron chi connectivity index (χ4n) is 1.43. The highest BCUT2D eigenvalue weighted by Crippen LogP contribution is 2.31. The summed E-state index contributed by atoms with van der Waals surface area (Å²) in [5, 5.41) is 14.5. The number of benzene rings is 1. The normalized spacial score (nSPS) is 10.2. The zero-order chi connectivity index (χ0) is 12.4. The maximum absolute atomic E-state index is 13.7. The Bertz CT molecular complexity index is 554. The predicted molar refractivity (Wildman–Crippen MR) is 56.7 cm³/mol. The highest BCUT2D eigenvalue weighted by Gasteiger charge is 2.20. The van der Waals surface area contributed by atoms with Gasteiger partial charge >= 0.3 is 5.69 Å². The lowest BCUT2D eigenvalue weighted by molar-refractivity contribution is -0.385. The van der Waals surface area contributed by atoms with Gasteiger partial charge in [-0.1, -0.05) is 0 Å². The van der Waals surface area contributed by atoms with E-state index >= 15 is 0 Å². The first-order valence-electron chi connectivity index (χ1n) is 4.65. The van der Waals surface area contributed by atoms with Crippen molar-refractivity contribution in [3.05, 3.63) is 46.5 Å². The van der Waals surface area contributed by atoms with E-state index in [4.69, 9.17) is 4.74 Å². The van der Waals surface area contributed by atoms with Crippen LogP contribution in [0.1, 0.15) is 0 Å². The number of nitro benzene ring substituents is 1. The standard InChI is InChI=1S/C10H8FN3O3/c1-17-10-6-8(13-4-2-3-12-13)7(11)5-9(10)14(15)16/h2-6H,1H3. The molecule has 0 N–H and O–H groups in total. The monoisotopic (exact) mass is 237 g/mol. The quantitative estimate of drug-likeness (QED) is 0.604. The number of hydrogen-bond donors (Lipinski definition) is 0. The van der Waals surface area contributed by atoms with Gasteiger partial charge in [0, 0.05) is 18.5 Å². The second-order valence-electron chi connectivity index (χ2n) is 3.18. The van der Waals surface area contributed by atoms with E-state index in [2.05, 4.69) is 5.10 Å². The lowest BCUT2D eigenvalue weighted by Gasteiger charge is -2.06. The summed E-state index contributed by atoms with van der Waals surface area (Å²) in [4.78, 5) is 9.97. The topological polar surface area (TPSA) is 70.2 Å². The number of halogens is 1. The number of nitrogens with zero attached hydrogens (tertiary/aromatic N) is 3. The van der Waals surface area contributed by atoms with Crippen molar-refractivity contribution >= 4 is 5.69 Å². The number of aromatic nitrogens is 2. The van der Waals surface area contributed by atoms with Crippen LogP contribution < -0.4 is 4.74 Å². The summed E-state index contributed by atoms with van der Waals surface area (Å²) >= 11 is 0. The smallest absolute Gasteiger partial charge is 0.313 e. The molecule has 6 nitrogen and oxygen atoms in total. The number of rotatable bonds is 3. The number of methoxy groups -OCH3 is 1. The molecule has 0 saturated heterocycles. The Morgan fingerprint density at radius 2 is 2.29 bits per heavy atom. The van der Waals surface area contributed by atoms with E-state index in [1.165, 1.54) is 30.3 Å². The van der Waals surface area contributed by atoms with Gasteiger partial charge < -0.3 is 4.74 Å². The molecule has 0 aliphatic rings. The van der Waals surface area contributed by atoms with Gasteiger partial charge in [0.2, 0.25) is 0 Å². The maximum Gasteiger partial charge on any atom is 0.313 e.